The van der Waals surface area contributed by atoms with Crippen LogP contribution in [-0.2, 0) is 11.3 Å². The third-order valence-corrected chi connectivity index (χ3v) is 3.14. The summed E-state index contributed by atoms with van der Waals surface area (Å²) < 4.78 is 1.76. The zero-order valence-electron chi connectivity index (χ0n) is 11.2. The summed E-state index contributed by atoms with van der Waals surface area (Å²) >= 11 is 0. The molecule has 2 rings (SSSR count). The van der Waals surface area contributed by atoms with Crippen LogP contribution in [0.3, 0.4) is 0 Å². The molecule has 0 saturated carbocycles. The van der Waals surface area contributed by atoms with Crippen molar-refractivity contribution in [2.24, 2.45) is 5.41 Å². The number of fused-ring (bicyclic) bond motifs is 1. The van der Waals surface area contributed by atoms with Crippen LogP contribution in [-0.4, -0.2) is 15.3 Å². The van der Waals surface area contributed by atoms with Crippen molar-refractivity contribution in [3.63, 3.8) is 0 Å². The first-order chi connectivity index (χ1) is 8.80. The fourth-order valence-electron chi connectivity index (χ4n) is 1.90. The molecular weight excluding hydrogens is 244 g/mol. The van der Waals surface area contributed by atoms with Crippen molar-refractivity contribution in [3.8, 4) is 0 Å². The van der Waals surface area contributed by atoms with Crippen molar-refractivity contribution in [3.05, 3.63) is 40.6 Å². The second kappa shape index (κ2) is 4.50. The molecule has 0 N–H and O–H groups in total. The van der Waals surface area contributed by atoms with E-state index in [1.165, 1.54) is 6.07 Å². The summed E-state index contributed by atoms with van der Waals surface area (Å²) in [6, 6.07) is 6.58. The average molecular weight is 260 g/mol. The van der Waals surface area contributed by atoms with Gasteiger partial charge < -0.3 is 4.57 Å². The number of rotatable bonds is 3. The lowest BCUT2D eigenvalue weighted by Crippen LogP contribution is -2.24. The van der Waals surface area contributed by atoms with Crippen LogP contribution in [0.2, 0.25) is 0 Å². The molecule has 1 aromatic carbocycles. The van der Waals surface area contributed by atoms with Crippen LogP contribution in [0.25, 0.3) is 10.9 Å². The molecule has 0 aliphatic heterocycles. The van der Waals surface area contributed by atoms with Gasteiger partial charge >= 0.3 is 0 Å². The van der Waals surface area contributed by atoms with Crippen molar-refractivity contribution >= 4 is 22.4 Å². The third-order valence-electron chi connectivity index (χ3n) is 3.14. The lowest BCUT2D eigenvalue weighted by molar-refractivity contribution is -0.383. The van der Waals surface area contributed by atoms with E-state index in [0.717, 1.165) is 0 Å². The molecule has 1 heterocycles. The normalized spacial score (nSPS) is 11.7. The molecule has 0 atom stereocenters. The van der Waals surface area contributed by atoms with Gasteiger partial charge in [0, 0.05) is 17.7 Å². The van der Waals surface area contributed by atoms with Crippen LogP contribution in [0.4, 0.5) is 5.69 Å². The number of nitro groups is 1. The van der Waals surface area contributed by atoms with Gasteiger partial charge in [-0.15, -0.1) is 0 Å². The molecule has 5 nitrogen and oxygen atoms in total. The van der Waals surface area contributed by atoms with Gasteiger partial charge in [0.1, 0.15) is 0 Å². The summed E-state index contributed by atoms with van der Waals surface area (Å²) in [5.41, 5.74) is 0.364. The number of nitro benzene ring substituents is 1. The number of hydrogen-bond acceptors (Lipinski definition) is 3. The van der Waals surface area contributed by atoms with Crippen LogP contribution in [0.5, 0.6) is 0 Å². The second-order valence-corrected chi connectivity index (χ2v) is 5.58. The Labute approximate surface area is 111 Å². The molecule has 19 heavy (non-hydrogen) atoms. The topological polar surface area (TPSA) is 65.1 Å². The summed E-state index contributed by atoms with van der Waals surface area (Å²) in [6.45, 7) is 5.82. The highest BCUT2D eigenvalue weighted by Gasteiger charge is 2.22. The summed E-state index contributed by atoms with van der Waals surface area (Å²) in [5.74, 6) is 0.0940. The van der Waals surface area contributed by atoms with Crippen LogP contribution >= 0.6 is 0 Å². The number of benzene rings is 1. The molecule has 0 unspecified atom stereocenters. The number of aromatic nitrogens is 1. The minimum absolute atomic E-state index is 0.0689. The van der Waals surface area contributed by atoms with E-state index in [0.29, 0.717) is 10.9 Å². The first-order valence-corrected chi connectivity index (χ1v) is 6.06. The molecule has 0 fully saturated rings. The Balaban J connectivity index is 2.45. The molecule has 0 spiro atoms. The standard InChI is InChI=1S/C14H16N2O3/c1-14(2,3)13(17)9-15-8-7-10-11(15)5-4-6-12(10)16(18)19/h4-8H,9H2,1-3H3. The third kappa shape index (κ3) is 2.50. The molecule has 1 aromatic heterocycles. The minimum atomic E-state index is -0.419. The Hall–Kier alpha value is -2.17. The molecule has 0 radical (unpaired) electrons. The smallest absolute Gasteiger partial charge is 0.278 e. The number of nitrogens with zero attached hydrogens (tertiary/aromatic N) is 2. The zero-order chi connectivity index (χ0) is 14.2. The largest absolute Gasteiger partial charge is 0.340 e. The summed E-state index contributed by atoms with van der Waals surface area (Å²) in [6.07, 6.45) is 1.72. The molecular formula is C14H16N2O3. The van der Waals surface area contributed by atoms with E-state index < -0.39 is 10.3 Å². The van der Waals surface area contributed by atoms with Gasteiger partial charge in [0.15, 0.2) is 5.78 Å². The van der Waals surface area contributed by atoms with Gasteiger partial charge in [-0.1, -0.05) is 26.8 Å². The quantitative estimate of drug-likeness (QED) is 0.629. The molecule has 2 aromatic rings. The first kappa shape index (κ1) is 13.3. The molecule has 0 bridgehead atoms. The Morgan fingerprint density at radius 1 is 1.32 bits per heavy atom. The Morgan fingerprint density at radius 2 is 2.00 bits per heavy atom. The predicted molar refractivity (Wildman–Crippen MR) is 73.1 cm³/mol. The van der Waals surface area contributed by atoms with E-state index in [4.69, 9.17) is 0 Å². The number of carbonyl (C=O) groups is 1. The van der Waals surface area contributed by atoms with Crippen molar-refractivity contribution < 1.29 is 9.72 Å². The molecule has 0 amide bonds. The zero-order valence-corrected chi connectivity index (χ0v) is 11.2. The van der Waals surface area contributed by atoms with Crippen LogP contribution in [0.1, 0.15) is 20.8 Å². The Bertz CT molecular complexity index is 650. The van der Waals surface area contributed by atoms with Crippen molar-refractivity contribution in [1.82, 2.24) is 4.57 Å². The van der Waals surface area contributed by atoms with E-state index in [1.807, 2.05) is 20.8 Å². The van der Waals surface area contributed by atoms with E-state index in [9.17, 15) is 14.9 Å². The van der Waals surface area contributed by atoms with E-state index in [-0.39, 0.29) is 18.0 Å². The SMILES string of the molecule is CC(C)(C)C(=O)Cn1ccc2c([N+](=O)[O-])cccc21. The minimum Gasteiger partial charge on any atom is -0.340 e. The molecule has 5 heteroatoms. The second-order valence-electron chi connectivity index (χ2n) is 5.58. The Kier molecular flexibility index (Phi) is 3.14. The van der Waals surface area contributed by atoms with Crippen LogP contribution in [0.15, 0.2) is 30.5 Å². The van der Waals surface area contributed by atoms with Gasteiger partial charge in [0.2, 0.25) is 0 Å². The van der Waals surface area contributed by atoms with Gasteiger partial charge in [-0.25, -0.2) is 0 Å². The van der Waals surface area contributed by atoms with Gasteiger partial charge in [-0.05, 0) is 12.1 Å². The van der Waals surface area contributed by atoms with Crippen molar-refractivity contribution in [2.45, 2.75) is 27.3 Å². The lowest BCUT2D eigenvalue weighted by atomic mass is 9.91. The fourth-order valence-corrected chi connectivity index (χ4v) is 1.90. The highest BCUT2D eigenvalue weighted by molar-refractivity contribution is 5.91. The maximum absolute atomic E-state index is 12.0. The maximum Gasteiger partial charge on any atom is 0.278 e. The van der Waals surface area contributed by atoms with E-state index >= 15 is 0 Å². The number of carbonyl (C=O) groups excluding carboxylic acids is 1. The average Bonchev–Trinajstić information content (AvgIpc) is 2.71. The molecule has 0 saturated heterocycles. The summed E-state index contributed by atoms with van der Waals surface area (Å²) in [4.78, 5) is 22.6. The summed E-state index contributed by atoms with van der Waals surface area (Å²) in [7, 11) is 0. The molecule has 100 valence electrons. The van der Waals surface area contributed by atoms with E-state index in [1.54, 1.807) is 29.0 Å². The van der Waals surface area contributed by atoms with Gasteiger partial charge in [0.25, 0.3) is 5.69 Å². The van der Waals surface area contributed by atoms with E-state index in [2.05, 4.69) is 0 Å². The van der Waals surface area contributed by atoms with Crippen molar-refractivity contribution in [1.29, 1.82) is 0 Å². The predicted octanol–water partition coefficient (Wildman–Crippen LogP) is 3.16. The lowest BCUT2D eigenvalue weighted by Gasteiger charge is -2.17. The number of ketones is 1. The number of non-ortho nitro benzene ring substituents is 1. The highest BCUT2D eigenvalue weighted by atomic mass is 16.6. The van der Waals surface area contributed by atoms with Gasteiger partial charge in [-0.3, -0.25) is 14.9 Å². The highest BCUT2D eigenvalue weighted by Crippen LogP contribution is 2.27. The van der Waals surface area contributed by atoms with Gasteiger partial charge in [0.05, 0.1) is 22.4 Å². The van der Waals surface area contributed by atoms with Crippen LogP contribution in [0, 0.1) is 15.5 Å². The molecule has 0 aliphatic carbocycles. The van der Waals surface area contributed by atoms with Crippen molar-refractivity contribution in [2.75, 3.05) is 0 Å². The monoisotopic (exact) mass is 260 g/mol. The first-order valence-electron chi connectivity index (χ1n) is 6.06. The number of hydrogen-bond donors (Lipinski definition) is 0. The summed E-state index contributed by atoms with van der Waals surface area (Å²) in [5, 5.41) is 11.5. The van der Waals surface area contributed by atoms with Gasteiger partial charge in [-0.2, -0.15) is 0 Å². The molecule has 0 aliphatic rings. The number of Topliss-reactive ketones (excluding diaryl/α,β-unsaturated/α-hetero) is 1. The fraction of sp³-hybridized carbons (Fsp3) is 0.357. The Morgan fingerprint density at radius 3 is 2.58 bits per heavy atom. The van der Waals surface area contributed by atoms with Crippen LogP contribution < -0.4 is 0 Å². The maximum atomic E-state index is 12.0.